The fourth-order valence-corrected chi connectivity index (χ4v) is 2.86. The van der Waals surface area contributed by atoms with E-state index in [0.717, 1.165) is 0 Å². The number of rotatable bonds is 4. The molecule has 5 nitrogen and oxygen atoms in total. The Morgan fingerprint density at radius 3 is 2.24 bits per heavy atom. The molecule has 0 aromatic rings. The molecule has 17 heavy (non-hydrogen) atoms. The summed E-state index contributed by atoms with van der Waals surface area (Å²) in [6, 6.07) is 0. The van der Waals surface area contributed by atoms with Crippen molar-refractivity contribution in [3.8, 4) is 0 Å². The van der Waals surface area contributed by atoms with Crippen molar-refractivity contribution >= 4 is 16.0 Å². The van der Waals surface area contributed by atoms with Crippen LogP contribution < -0.4 is 4.72 Å². The van der Waals surface area contributed by atoms with Crippen molar-refractivity contribution in [2.75, 3.05) is 0 Å². The van der Waals surface area contributed by atoms with Gasteiger partial charge in [-0.15, -0.1) is 0 Å². The molecule has 0 saturated heterocycles. The second-order valence-corrected chi connectivity index (χ2v) is 6.13. The molecule has 1 aliphatic carbocycles. The first-order chi connectivity index (χ1) is 7.69. The van der Waals surface area contributed by atoms with E-state index in [9.17, 15) is 22.0 Å². The zero-order valence-corrected chi connectivity index (χ0v) is 10.1. The minimum atomic E-state index is -4.88. The molecule has 0 aromatic heterocycles. The lowest BCUT2D eigenvalue weighted by Crippen LogP contribution is -2.57. The molecule has 0 amide bonds. The maximum atomic E-state index is 12.2. The molecule has 1 aliphatic rings. The van der Waals surface area contributed by atoms with Gasteiger partial charge in [0.25, 0.3) is 10.0 Å². The molecular formula is C9H15F2NO4S. The molecule has 0 heterocycles. The summed E-state index contributed by atoms with van der Waals surface area (Å²) in [6.45, 7) is 1.91. The second kappa shape index (κ2) is 4.85. The second-order valence-electron chi connectivity index (χ2n) is 4.48. The van der Waals surface area contributed by atoms with Gasteiger partial charge in [-0.05, 0) is 31.6 Å². The first-order valence-corrected chi connectivity index (χ1v) is 6.78. The lowest BCUT2D eigenvalue weighted by molar-refractivity contribution is -0.145. The number of aliphatic carboxylic acids is 1. The highest BCUT2D eigenvalue weighted by molar-refractivity contribution is 7.89. The van der Waals surface area contributed by atoms with E-state index in [2.05, 4.69) is 0 Å². The van der Waals surface area contributed by atoms with Crippen LogP contribution in [0.25, 0.3) is 0 Å². The van der Waals surface area contributed by atoms with E-state index in [1.165, 1.54) is 0 Å². The van der Waals surface area contributed by atoms with Gasteiger partial charge >= 0.3 is 11.7 Å². The van der Waals surface area contributed by atoms with Gasteiger partial charge in [0.2, 0.25) is 0 Å². The zero-order chi connectivity index (χ0) is 13.3. The molecule has 1 rings (SSSR count). The molecule has 0 bridgehead atoms. The molecule has 0 unspecified atom stereocenters. The SMILES string of the molecule is CC1CCC(NS(=O)(=O)C(F)F)(C(=O)O)CC1. The van der Waals surface area contributed by atoms with Gasteiger partial charge in [0.05, 0.1) is 0 Å². The third-order valence-electron chi connectivity index (χ3n) is 3.11. The molecule has 0 aliphatic heterocycles. The van der Waals surface area contributed by atoms with E-state index >= 15 is 0 Å². The van der Waals surface area contributed by atoms with Crippen molar-refractivity contribution in [3.63, 3.8) is 0 Å². The Morgan fingerprint density at radius 1 is 1.41 bits per heavy atom. The molecule has 100 valence electrons. The van der Waals surface area contributed by atoms with Gasteiger partial charge < -0.3 is 5.11 Å². The van der Waals surface area contributed by atoms with Crippen LogP contribution in [0.2, 0.25) is 0 Å². The highest BCUT2D eigenvalue weighted by Crippen LogP contribution is 2.33. The van der Waals surface area contributed by atoms with Gasteiger partial charge in [-0.25, -0.2) is 8.42 Å². The van der Waals surface area contributed by atoms with Crippen LogP contribution >= 0.6 is 0 Å². The van der Waals surface area contributed by atoms with Gasteiger partial charge in [-0.3, -0.25) is 4.79 Å². The summed E-state index contributed by atoms with van der Waals surface area (Å²) >= 11 is 0. The van der Waals surface area contributed by atoms with Crippen LogP contribution in [0.1, 0.15) is 32.6 Å². The third kappa shape index (κ3) is 3.12. The van der Waals surface area contributed by atoms with Crippen LogP contribution in [-0.2, 0) is 14.8 Å². The Balaban J connectivity index is 2.92. The zero-order valence-electron chi connectivity index (χ0n) is 9.32. The lowest BCUT2D eigenvalue weighted by Gasteiger charge is -2.35. The standard InChI is InChI=1S/C9H15F2NO4S/c1-6-2-4-9(5-3-6,7(13)14)12-17(15,16)8(10)11/h6,8,12H,2-5H2,1H3,(H,13,14). The highest BCUT2D eigenvalue weighted by Gasteiger charge is 2.46. The smallest absolute Gasteiger partial charge is 0.350 e. The molecule has 0 aromatic carbocycles. The summed E-state index contributed by atoms with van der Waals surface area (Å²) < 4.78 is 48.2. The van der Waals surface area contributed by atoms with E-state index < -0.39 is 27.3 Å². The Kier molecular flexibility index (Phi) is 4.08. The molecule has 2 N–H and O–H groups in total. The van der Waals surface area contributed by atoms with Crippen LogP contribution in [0, 0.1) is 5.92 Å². The van der Waals surface area contributed by atoms with Crippen molar-refractivity contribution in [2.45, 2.75) is 43.9 Å². The summed E-state index contributed by atoms with van der Waals surface area (Å²) in [7, 11) is -4.88. The first kappa shape index (κ1) is 14.3. The van der Waals surface area contributed by atoms with Crippen LogP contribution in [0.15, 0.2) is 0 Å². The Labute approximate surface area is 98.3 Å². The molecular weight excluding hydrogens is 256 g/mol. The Bertz CT molecular complexity index is 388. The predicted octanol–water partition coefficient (Wildman–Crippen LogP) is 1.16. The summed E-state index contributed by atoms with van der Waals surface area (Å²) in [4.78, 5) is 11.1. The molecule has 1 saturated carbocycles. The van der Waals surface area contributed by atoms with Crippen LogP contribution in [0.5, 0.6) is 0 Å². The normalized spacial score (nSPS) is 30.5. The van der Waals surface area contributed by atoms with Crippen molar-refractivity contribution < 1.29 is 27.1 Å². The van der Waals surface area contributed by atoms with Crippen LogP contribution in [0.3, 0.4) is 0 Å². The van der Waals surface area contributed by atoms with Gasteiger partial charge in [-0.1, -0.05) is 6.92 Å². The molecule has 0 atom stereocenters. The summed E-state index contributed by atoms with van der Waals surface area (Å²) in [5.74, 6) is -4.73. The number of alkyl halides is 2. The fraction of sp³-hybridized carbons (Fsp3) is 0.889. The van der Waals surface area contributed by atoms with Crippen molar-refractivity contribution in [2.24, 2.45) is 5.92 Å². The fourth-order valence-electron chi connectivity index (χ4n) is 1.93. The third-order valence-corrected chi connectivity index (χ3v) is 4.25. The van der Waals surface area contributed by atoms with E-state index in [-0.39, 0.29) is 18.8 Å². The molecule has 1 fully saturated rings. The van der Waals surface area contributed by atoms with Crippen LogP contribution in [0.4, 0.5) is 8.78 Å². The first-order valence-electron chi connectivity index (χ1n) is 5.24. The predicted molar refractivity (Wildman–Crippen MR) is 56.1 cm³/mol. The lowest BCUT2D eigenvalue weighted by atomic mass is 9.78. The number of carboxylic acid groups (broad SMARTS) is 1. The quantitative estimate of drug-likeness (QED) is 0.803. The average Bonchev–Trinajstić information content (AvgIpc) is 2.21. The summed E-state index contributed by atoms with van der Waals surface area (Å²) in [5, 5.41) is 9.05. The number of halogens is 2. The highest BCUT2D eigenvalue weighted by atomic mass is 32.2. The maximum Gasteiger partial charge on any atom is 0.350 e. The number of sulfonamides is 1. The van der Waals surface area contributed by atoms with E-state index in [0.29, 0.717) is 12.8 Å². The number of hydrogen-bond donors (Lipinski definition) is 2. The van der Waals surface area contributed by atoms with Gasteiger partial charge in [0, 0.05) is 0 Å². The van der Waals surface area contributed by atoms with Gasteiger partial charge in [0.1, 0.15) is 5.54 Å². The molecule has 0 radical (unpaired) electrons. The van der Waals surface area contributed by atoms with Gasteiger partial charge in [0.15, 0.2) is 0 Å². The van der Waals surface area contributed by atoms with E-state index in [4.69, 9.17) is 5.11 Å². The Morgan fingerprint density at radius 2 is 1.88 bits per heavy atom. The molecule has 0 spiro atoms. The number of nitrogens with one attached hydrogen (secondary N) is 1. The van der Waals surface area contributed by atoms with E-state index in [1.807, 2.05) is 6.92 Å². The monoisotopic (exact) mass is 271 g/mol. The van der Waals surface area contributed by atoms with Crippen LogP contribution in [-0.4, -0.2) is 30.8 Å². The Hall–Kier alpha value is -0.760. The van der Waals surface area contributed by atoms with Crippen molar-refractivity contribution in [1.29, 1.82) is 0 Å². The number of carboxylic acids is 1. The van der Waals surface area contributed by atoms with Gasteiger partial charge in [-0.2, -0.15) is 13.5 Å². The number of carbonyl (C=O) groups is 1. The van der Waals surface area contributed by atoms with Crippen molar-refractivity contribution in [1.82, 2.24) is 4.72 Å². The summed E-state index contributed by atoms with van der Waals surface area (Å²) in [6.07, 6.45) is 1.07. The minimum Gasteiger partial charge on any atom is -0.480 e. The maximum absolute atomic E-state index is 12.2. The average molecular weight is 271 g/mol. The van der Waals surface area contributed by atoms with Crippen molar-refractivity contribution in [3.05, 3.63) is 0 Å². The largest absolute Gasteiger partial charge is 0.480 e. The van der Waals surface area contributed by atoms with E-state index in [1.54, 1.807) is 4.72 Å². The minimum absolute atomic E-state index is 0.0372. The number of hydrogen-bond acceptors (Lipinski definition) is 3. The topological polar surface area (TPSA) is 83.5 Å². The summed E-state index contributed by atoms with van der Waals surface area (Å²) in [5.41, 5.74) is -1.78. The molecule has 8 heteroatoms.